The molecule has 3 nitrogen and oxygen atoms in total. The minimum atomic E-state index is -0.343. The number of nitro groups is 1. The van der Waals surface area contributed by atoms with E-state index >= 15 is 0 Å². The third kappa shape index (κ3) is 2.90. The molecule has 3 rings (SSSR count). The molecule has 0 amide bonds. The lowest BCUT2D eigenvalue weighted by Crippen LogP contribution is -2.04. The summed E-state index contributed by atoms with van der Waals surface area (Å²) in [6, 6.07) is 12.8. The Morgan fingerprint density at radius 2 is 1.95 bits per heavy atom. The number of nitro benzene ring substituents is 1. The molecule has 112 valence electrons. The topological polar surface area (TPSA) is 43.1 Å². The number of rotatable bonds is 3. The fraction of sp³-hybridized carbons (Fsp3) is 0.222. The van der Waals surface area contributed by atoms with Crippen molar-refractivity contribution in [2.75, 3.05) is 0 Å². The van der Waals surface area contributed by atoms with Gasteiger partial charge in [-0.05, 0) is 36.5 Å². The highest BCUT2D eigenvalue weighted by Gasteiger charge is 2.25. The number of halogens is 1. The normalized spacial score (nSPS) is 17.4. The van der Waals surface area contributed by atoms with E-state index in [1.165, 1.54) is 6.07 Å². The Morgan fingerprint density at radius 1 is 1.18 bits per heavy atom. The SMILES string of the molecule is O=[N+]([O-])c1cc(Cl)cc(C2C=CCCC2)c1-c1ccccc1. The van der Waals surface area contributed by atoms with E-state index in [2.05, 4.69) is 12.2 Å². The monoisotopic (exact) mass is 313 g/mol. The molecule has 0 heterocycles. The van der Waals surface area contributed by atoms with E-state index in [4.69, 9.17) is 11.6 Å². The zero-order valence-corrected chi connectivity index (χ0v) is 12.8. The van der Waals surface area contributed by atoms with E-state index in [-0.39, 0.29) is 16.5 Å². The molecule has 0 radical (unpaired) electrons. The second kappa shape index (κ2) is 6.32. The Kier molecular flexibility index (Phi) is 4.25. The second-order valence-corrected chi connectivity index (χ2v) is 5.91. The molecule has 1 atom stereocenters. The maximum Gasteiger partial charge on any atom is 0.278 e. The Morgan fingerprint density at radius 3 is 2.59 bits per heavy atom. The molecular weight excluding hydrogens is 298 g/mol. The van der Waals surface area contributed by atoms with Gasteiger partial charge in [0.15, 0.2) is 0 Å². The van der Waals surface area contributed by atoms with Crippen LogP contribution >= 0.6 is 11.6 Å². The molecule has 0 N–H and O–H groups in total. The van der Waals surface area contributed by atoms with E-state index in [0.29, 0.717) is 10.6 Å². The molecule has 1 aliphatic carbocycles. The number of hydrogen-bond acceptors (Lipinski definition) is 2. The molecule has 22 heavy (non-hydrogen) atoms. The average molecular weight is 314 g/mol. The summed E-state index contributed by atoms with van der Waals surface area (Å²) in [5, 5.41) is 11.9. The number of benzene rings is 2. The van der Waals surface area contributed by atoms with Crippen LogP contribution in [0.1, 0.15) is 30.7 Å². The zero-order valence-electron chi connectivity index (χ0n) is 12.0. The zero-order chi connectivity index (χ0) is 15.5. The van der Waals surface area contributed by atoms with Crippen LogP contribution in [-0.2, 0) is 0 Å². The van der Waals surface area contributed by atoms with Crippen LogP contribution in [0.5, 0.6) is 0 Å². The standard InChI is InChI=1S/C18H16ClNO2/c19-15-11-16(13-7-3-1-4-8-13)18(17(12-15)20(21)22)14-9-5-2-6-10-14/h2-3,5-7,9-13H,1,4,8H2. The summed E-state index contributed by atoms with van der Waals surface area (Å²) in [7, 11) is 0. The molecule has 0 bridgehead atoms. The quantitative estimate of drug-likeness (QED) is 0.412. The molecule has 0 aromatic heterocycles. The van der Waals surface area contributed by atoms with Gasteiger partial charge in [-0.1, -0.05) is 54.1 Å². The fourth-order valence-corrected chi connectivity index (χ4v) is 3.26. The van der Waals surface area contributed by atoms with Gasteiger partial charge in [-0.25, -0.2) is 0 Å². The van der Waals surface area contributed by atoms with E-state index < -0.39 is 0 Å². The van der Waals surface area contributed by atoms with E-state index in [1.54, 1.807) is 0 Å². The van der Waals surface area contributed by atoms with Gasteiger partial charge < -0.3 is 0 Å². The van der Waals surface area contributed by atoms with Crippen LogP contribution in [0.25, 0.3) is 11.1 Å². The first-order valence-corrected chi connectivity index (χ1v) is 7.74. The lowest BCUT2D eigenvalue weighted by atomic mass is 9.84. The number of nitrogens with zero attached hydrogens (tertiary/aromatic N) is 1. The van der Waals surface area contributed by atoms with Crippen LogP contribution in [0.2, 0.25) is 5.02 Å². The molecule has 1 unspecified atom stereocenters. The van der Waals surface area contributed by atoms with Gasteiger partial charge in [0.1, 0.15) is 0 Å². The summed E-state index contributed by atoms with van der Waals surface area (Å²) >= 11 is 6.14. The molecule has 0 fully saturated rings. The van der Waals surface area contributed by atoms with Crippen molar-refractivity contribution in [2.45, 2.75) is 25.2 Å². The van der Waals surface area contributed by atoms with E-state index in [9.17, 15) is 10.1 Å². The van der Waals surface area contributed by atoms with Gasteiger partial charge in [0, 0.05) is 17.0 Å². The first-order chi connectivity index (χ1) is 10.7. The summed E-state index contributed by atoms with van der Waals surface area (Å²) in [6.45, 7) is 0. The highest BCUT2D eigenvalue weighted by molar-refractivity contribution is 6.31. The summed E-state index contributed by atoms with van der Waals surface area (Å²) in [4.78, 5) is 11.2. The van der Waals surface area contributed by atoms with Crippen molar-refractivity contribution in [3.63, 3.8) is 0 Å². The highest BCUT2D eigenvalue weighted by atomic mass is 35.5. The average Bonchev–Trinajstić information content (AvgIpc) is 2.55. The van der Waals surface area contributed by atoms with Crippen LogP contribution in [-0.4, -0.2) is 4.92 Å². The maximum atomic E-state index is 11.5. The summed E-state index contributed by atoms with van der Waals surface area (Å²) in [6.07, 6.45) is 7.45. The predicted octanol–water partition coefficient (Wildman–Crippen LogP) is 5.74. The van der Waals surface area contributed by atoms with Gasteiger partial charge in [-0.3, -0.25) is 10.1 Å². The fourth-order valence-electron chi connectivity index (χ4n) is 3.04. The number of hydrogen-bond donors (Lipinski definition) is 0. The van der Waals surface area contributed by atoms with Crippen molar-refractivity contribution in [3.05, 3.63) is 75.3 Å². The van der Waals surface area contributed by atoms with Gasteiger partial charge in [0.2, 0.25) is 0 Å². The van der Waals surface area contributed by atoms with Gasteiger partial charge in [-0.2, -0.15) is 0 Å². The van der Waals surface area contributed by atoms with Crippen molar-refractivity contribution < 1.29 is 4.92 Å². The van der Waals surface area contributed by atoms with Crippen LogP contribution in [0, 0.1) is 10.1 Å². The van der Waals surface area contributed by atoms with Gasteiger partial charge in [0.05, 0.1) is 10.5 Å². The smallest absolute Gasteiger partial charge is 0.258 e. The molecule has 2 aromatic carbocycles. The van der Waals surface area contributed by atoms with Crippen molar-refractivity contribution in [2.24, 2.45) is 0 Å². The number of allylic oxidation sites excluding steroid dienone is 2. The molecular formula is C18H16ClNO2. The van der Waals surface area contributed by atoms with Gasteiger partial charge >= 0.3 is 0 Å². The Balaban J connectivity index is 2.25. The van der Waals surface area contributed by atoms with Crippen molar-refractivity contribution >= 4 is 17.3 Å². The Bertz CT molecular complexity index is 725. The second-order valence-electron chi connectivity index (χ2n) is 5.48. The molecule has 0 saturated heterocycles. The minimum Gasteiger partial charge on any atom is -0.258 e. The molecule has 0 saturated carbocycles. The summed E-state index contributed by atoms with van der Waals surface area (Å²) in [5.41, 5.74) is 2.57. The van der Waals surface area contributed by atoms with Gasteiger partial charge in [0.25, 0.3) is 5.69 Å². The van der Waals surface area contributed by atoms with Crippen LogP contribution in [0.3, 0.4) is 0 Å². The van der Waals surface area contributed by atoms with Crippen molar-refractivity contribution in [3.8, 4) is 11.1 Å². The predicted molar refractivity (Wildman–Crippen MR) is 89.3 cm³/mol. The van der Waals surface area contributed by atoms with Crippen LogP contribution in [0.4, 0.5) is 5.69 Å². The van der Waals surface area contributed by atoms with Crippen LogP contribution in [0.15, 0.2) is 54.6 Å². The first kappa shape index (κ1) is 14.8. The maximum absolute atomic E-state index is 11.5. The first-order valence-electron chi connectivity index (χ1n) is 7.36. The minimum absolute atomic E-state index is 0.0765. The van der Waals surface area contributed by atoms with Crippen LogP contribution < -0.4 is 0 Å². The van der Waals surface area contributed by atoms with Gasteiger partial charge in [-0.15, -0.1) is 0 Å². The molecule has 4 heteroatoms. The molecule has 1 aliphatic rings. The van der Waals surface area contributed by atoms with Crippen molar-refractivity contribution in [1.29, 1.82) is 0 Å². The lowest BCUT2D eigenvalue weighted by Gasteiger charge is -2.20. The molecule has 0 spiro atoms. The Hall–Kier alpha value is -2.13. The Labute approximate surface area is 134 Å². The highest BCUT2D eigenvalue weighted by Crippen LogP contribution is 2.42. The molecule has 0 aliphatic heterocycles. The largest absolute Gasteiger partial charge is 0.278 e. The third-order valence-corrected chi connectivity index (χ3v) is 4.24. The summed E-state index contributed by atoms with van der Waals surface area (Å²) < 4.78 is 0. The molecule has 2 aromatic rings. The van der Waals surface area contributed by atoms with Crippen molar-refractivity contribution in [1.82, 2.24) is 0 Å². The van der Waals surface area contributed by atoms with E-state index in [0.717, 1.165) is 30.4 Å². The summed E-state index contributed by atoms with van der Waals surface area (Å²) in [5.74, 6) is 0.182. The third-order valence-electron chi connectivity index (χ3n) is 4.03. The van der Waals surface area contributed by atoms with E-state index in [1.807, 2.05) is 36.4 Å². The lowest BCUT2D eigenvalue weighted by molar-refractivity contribution is -0.384.